The first-order chi connectivity index (χ1) is 6.31. The molecule has 0 aliphatic heterocycles. The summed E-state index contributed by atoms with van der Waals surface area (Å²) in [5.74, 6) is 0.758. The molecule has 2 nitrogen and oxygen atoms in total. The highest BCUT2D eigenvalue weighted by molar-refractivity contribution is 6.17. The fourth-order valence-corrected chi connectivity index (χ4v) is 1.18. The summed E-state index contributed by atoms with van der Waals surface area (Å²) in [6.07, 6.45) is 3.56. The summed E-state index contributed by atoms with van der Waals surface area (Å²) in [7, 11) is 0. The molecule has 0 N–H and O–H groups in total. The van der Waals surface area contributed by atoms with Crippen molar-refractivity contribution in [2.75, 3.05) is 25.7 Å². The van der Waals surface area contributed by atoms with Crippen LogP contribution in [0.5, 0.6) is 0 Å². The van der Waals surface area contributed by atoms with Crippen LogP contribution < -0.4 is 0 Å². The van der Waals surface area contributed by atoms with Gasteiger partial charge >= 0.3 is 0 Å². The lowest BCUT2D eigenvalue weighted by Gasteiger charge is -2.12. The normalized spacial score (nSPS) is 13.2. The van der Waals surface area contributed by atoms with Gasteiger partial charge in [0.2, 0.25) is 0 Å². The largest absolute Gasteiger partial charge is 0.379 e. The molecule has 0 aromatic heterocycles. The van der Waals surface area contributed by atoms with Crippen molar-refractivity contribution in [3.05, 3.63) is 0 Å². The third-order valence-corrected chi connectivity index (χ3v) is 2.00. The second-order valence-electron chi connectivity index (χ2n) is 3.09. The predicted molar refractivity (Wildman–Crippen MR) is 56.5 cm³/mol. The van der Waals surface area contributed by atoms with E-state index in [4.69, 9.17) is 21.1 Å². The highest BCUT2D eigenvalue weighted by atomic mass is 35.5. The minimum absolute atomic E-state index is 0.218. The van der Waals surface area contributed by atoms with Crippen LogP contribution in [0.3, 0.4) is 0 Å². The molecule has 0 spiro atoms. The average Bonchev–Trinajstić information content (AvgIpc) is 2.14. The van der Waals surface area contributed by atoms with Crippen LogP contribution in [0.25, 0.3) is 0 Å². The highest BCUT2D eigenvalue weighted by Gasteiger charge is 2.00. The third-order valence-electron chi connectivity index (χ3n) is 1.74. The van der Waals surface area contributed by atoms with Gasteiger partial charge in [-0.25, -0.2) is 0 Å². The van der Waals surface area contributed by atoms with Gasteiger partial charge in [-0.1, -0.05) is 0 Å². The Labute approximate surface area is 86.6 Å². The minimum Gasteiger partial charge on any atom is -0.379 e. The van der Waals surface area contributed by atoms with Crippen LogP contribution in [0.15, 0.2) is 0 Å². The number of hydrogen-bond acceptors (Lipinski definition) is 2. The molecule has 0 rings (SSSR count). The van der Waals surface area contributed by atoms with Crippen LogP contribution in [0.4, 0.5) is 0 Å². The van der Waals surface area contributed by atoms with Gasteiger partial charge in [0, 0.05) is 19.1 Å². The first-order valence-corrected chi connectivity index (χ1v) is 5.60. The Morgan fingerprint density at radius 2 is 2.00 bits per heavy atom. The Hall–Kier alpha value is 0.210. The minimum atomic E-state index is 0.218. The van der Waals surface area contributed by atoms with Crippen molar-refractivity contribution >= 4 is 11.6 Å². The van der Waals surface area contributed by atoms with Crippen LogP contribution in [-0.4, -0.2) is 31.8 Å². The van der Waals surface area contributed by atoms with Crippen LogP contribution in [0.2, 0.25) is 0 Å². The molecular formula is C10H21ClO2. The summed E-state index contributed by atoms with van der Waals surface area (Å²) < 4.78 is 10.7. The van der Waals surface area contributed by atoms with Crippen molar-refractivity contribution in [3.8, 4) is 0 Å². The van der Waals surface area contributed by atoms with Crippen LogP contribution in [0, 0.1) is 0 Å². The number of alkyl halides is 1. The van der Waals surface area contributed by atoms with Gasteiger partial charge in [0.25, 0.3) is 0 Å². The third kappa shape index (κ3) is 10.1. The molecule has 0 aromatic rings. The molecule has 0 amide bonds. The molecule has 0 heterocycles. The van der Waals surface area contributed by atoms with Crippen LogP contribution in [0.1, 0.15) is 33.1 Å². The molecule has 0 saturated carbocycles. The van der Waals surface area contributed by atoms with Gasteiger partial charge in [-0.3, -0.25) is 0 Å². The van der Waals surface area contributed by atoms with E-state index in [0.717, 1.165) is 38.4 Å². The lowest BCUT2D eigenvalue weighted by atomic mass is 10.3. The first-order valence-electron chi connectivity index (χ1n) is 5.06. The SMILES string of the molecule is CCOCC(C)OCCCCCCl. The molecule has 0 bridgehead atoms. The van der Waals surface area contributed by atoms with E-state index in [2.05, 4.69) is 0 Å². The van der Waals surface area contributed by atoms with Gasteiger partial charge in [-0.2, -0.15) is 0 Å². The Balaban J connectivity index is 3.03. The molecule has 1 unspecified atom stereocenters. The number of unbranched alkanes of at least 4 members (excludes halogenated alkanes) is 2. The first kappa shape index (κ1) is 13.2. The smallest absolute Gasteiger partial charge is 0.0780 e. The van der Waals surface area contributed by atoms with Crippen LogP contribution >= 0.6 is 11.6 Å². The monoisotopic (exact) mass is 208 g/mol. The summed E-state index contributed by atoms with van der Waals surface area (Å²) in [6, 6.07) is 0. The summed E-state index contributed by atoms with van der Waals surface area (Å²) in [4.78, 5) is 0. The van der Waals surface area contributed by atoms with E-state index in [1.165, 1.54) is 0 Å². The van der Waals surface area contributed by atoms with Gasteiger partial charge in [-0.05, 0) is 33.1 Å². The molecule has 1 atom stereocenters. The van der Waals surface area contributed by atoms with Gasteiger partial charge in [-0.15, -0.1) is 11.6 Å². The van der Waals surface area contributed by atoms with Gasteiger partial charge in [0.15, 0.2) is 0 Å². The summed E-state index contributed by atoms with van der Waals surface area (Å²) in [5.41, 5.74) is 0. The molecular weight excluding hydrogens is 188 g/mol. The molecule has 0 aliphatic rings. The molecule has 3 heteroatoms. The zero-order chi connectivity index (χ0) is 9.94. The van der Waals surface area contributed by atoms with E-state index in [-0.39, 0.29) is 6.10 Å². The lowest BCUT2D eigenvalue weighted by molar-refractivity contribution is -0.00447. The van der Waals surface area contributed by atoms with Crippen molar-refractivity contribution in [1.29, 1.82) is 0 Å². The number of halogens is 1. The zero-order valence-electron chi connectivity index (χ0n) is 8.72. The molecule has 80 valence electrons. The molecule has 0 aliphatic carbocycles. The summed E-state index contributed by atoms with van der Waals surface area (Å²) in [6.45, 7) is 6.32. The number of rotatable bonds is 9. The lowest BCUT2D eigenvalue weighted by Crippen LogP contribution is -2.16. The topological polar surface area (TPSA) is 18.5 Å². The number of ether oxygens (including phenoxy) is 2. The Kier molecular flexibility index (Phi) is 10.5. The fourth-order valence-electron chi connectivity index (χ4n) is 0.990. The summed E-state index contributed by atoms with van der Waals surface area (Å²) >= 11 is 5.55. The second kappa shape index (κ2) is 10.3. The molecule has 0 saturated heterocycles. The molecule has 0 aromatic carbocycles. The average molecular weight is 209 g/mol. The maximum atomic E-state index is 5.55. The van der Waals surface area contributed by atoms with Gasteiger partial charge in [0.05, 0.1) is 12.7 Å². The van der Waals surface area contributed by atoms with E-state index < -0.39 is 0 Å². The summed E-state index contributed by atoms with van der Waals surface area (Å²) in [5, 5.41) is 0. The Morgan fingerprint density at radius 3 is 2.62 bits per heavy atom. The van der Waals surface area contributed by atoms with Gasteiger partial charge < -0.3 is 9.47 Å². The van der Waals surface area contributed by atoms with Crippen molar-refractivity contribution < 1.29 is 9.47 Å². The maximum absolute atomic E-state index is 5.55. The maximum Gasteiger partial charge on any atom is 0.0780 e. The predicted octanol–water partition coefficient (Wildman–Crippen LogP) is 2.84. The Morgan fingerprint density at radius 1 is 1.23 bits per heavy atom. The van der Waals surface area contributed by atoms with E-state index in [1.807, 2.05) is 13.8 Å². The fraction of sp³-hybridized carbons (Fsp3) is 1.00. The zero-order valence-corrected chi connectivity index (χ0v) is 9.48. The standard InChI is InChI=1S/C10H21ClO2/c1-3-12-9-10(2)13-8-6-4-5-7-11/h10H,3-9H2,1-2H3. The Bertz CT molecular complexity index is 98.9. The highest BCUT2D eigenvalue weighted by Crippen LogP contribution is 2.00. The molecule has 0 radical (unpaired) electrons. The van der Waals surface area contributed by atoms with Crippen molar-refractivity contribution in [2.24, 2.45) is 0 Å². The number of hydrogen-bond donors (Lipinski definition) is 0. The molecule has 0 fully saturated rings. The van der Waals surface area contributed by atoms with E-state index in [1.54, 1.807) is 0 Å². The van der Waals surface area contributed by atoms with Crippen LogP contribution in [-0.2, 0) is 9.47 Å². The van der Waals surface area contributed by atoms with Crippen molar-refractivity contribution in [2.45, 2.75) is 39.2 Å². The second-order valence-corrected chi connectivity index (χ2v) is 3.47. The van der Waals surface area contributed by atoms with Crippen molar-refractivity contribution in [1.82, 2.24) is 0 Å². The van der Waals surface area contributed by atoms with Gasteiger partial charge in [0.1, 0.15) is 0 Å². The van der Waals surface area contributed by atoms with E-state index in [0.29, 0.717) is 6.61 Å². The van der Waals surface area contributed by atoms with Crippen molar-refractivity contribution in [3.63, 3.8) is 0 Å². The van der Waals surface area contributed by atoms with E-state index in [9.17, 15) is 0 Å². The molecule has 13 heavy (non-hydrogen) atoms. The quantitative estimate of drug-likeness (QED) is 0.429. The van der Waals surface area contributed by atoms with E-state index >= 15 is 0 Å².